The van der Waals surface area contributed by atoms with Gasteiger partial charge in [0.25, 0.3) is 0 Å². The topological polar surface area (TPSA) is 58.2 Å². The average molecular weight is 365 g/mol. The summed E-state index contributed by atoms with van der Waals surface area (Å²) in [5, 5.41) is 6.50. The predicted molar refractivity (Wildman–Crippen MR) is 97.2 cm³/mol. The normalized spacial score (nSPS) is 11.0. The molecule has 0 aromatic heterocycles. The Hall–Kier alpha value is -2.04. The monoisotopic (exact) mass is 364 g/mol. The number of carbonyl (C=O) groups excluding carboxylic acids is 2. The van der Waals surface area contributed by atoms with Crippen LogP contribution in [0.4, 0.5) is 5.69 Å². The SMILES string of the molecule is CC(C)(C(=O)NCc1ccc(Cl)cc1)C(=O)Nc1ccccc1Cl. The van der Waals surface area contributed by atoms with E-state index in [1.165, 1.54) is 0 Å². The Bertz CT molecular complexity index is 743. The van der Waals surface area contributed by atoms with Crippen molar-refractivity contribution in [1.29, 1.82) is 0 Å². The van der Waals surface area contributed by atoms with Crippen LogP contribution in [0.15, 0.2) is 48.5 Å². The lowest BCUT2D eigenvalue weighted by molar-refractivity contribution is -0.138. The van der Waals surface area contributed by atoms with Gasteiger partial charge in [0.15, 0.2) is 0 Å². The van der Waals surface area contributed by atoms with E-state index in [0.717, 1.165) is 5.56 Å². The molecule has 0 bridgehead atoms. The van der Waals surface area contributed by atoms with Crippen LogP contribution in [0.2, 0.25) is 10.0 Å². The van der Waals surface area contributed by atoms with Gasteiger partial charge >= 0.3 is 0 Å². The van der Waals surface area contributed by atoms with Crippen LogP contribution in [0.5, 0.6) is 0 Å². The van der Waals surface area contributed by atoms with Gasteiger partial charge in [0, 0.05) is 11.6 Å². The molecule has 2 amide bonds. The molecule has 2 aromatic carbocycles. The van der Waals surface area contributed by atoms with Crippen LogP contribution in [0, 0.1) is 5.41 Å². The first-order valence-electron chi connectivity index (χ1n) is 7.39. The van der Waals surface area contributed by atoms with E-state index in [0.29, 0.717) is 22.3 Å². The summed E-state index contributed by atoms with van der Waals surface area (Å²) in [7, 11) is 0. The van der Waals surface area contributed by atoms with E-state index in [-0.39, 0.29) is 5.91 Å². The molecule has 2 rings (SSSR count). The number of nitrogens with one attached hydrogen (secondary N) is 2. The molecule has 126 valence electrons. The van der Waals surface area contributed by atoms with Crippen molar-refractivity contribution in [3.8, 4) is 0 Å². The van der Waals surface area contributed by atoms with Crippen molar-refractivity contribution in [3.05, 3.63) is 64.1 Å². The van der Waals surface area contributed by atoms with E-state index < -0.39 is 11.3 Å². The van der Waals surface area contributed by atoms with Crippen molar-refractivity contribution in [3.63, 3.8) is 0 Å². The highest BCUT2D eigenvalue weighted by molar-refractivity contribution is 6.33. The number of hydrogen-bond donors (Lipinski definition) is 2. The molecular formula is C18H18Cl2N2O2. The van der Waals surface area contributed by atoms with Crippen molar-refractivity contribution < 1.29 is 9.59 Å². The van der Waals surface area contributed by atoms with Gasteiger partial charge in [-0.05, 0) is 43.7 Å². The number of benzene rings is 2. The van der Waals surface area contributed by atoms with Gasteiger partial charge in [-0.15, -0.1) is 0 Å². The summed E-state index contributed by atoms with van der Waals surface area (Å²) in [6.07, 6.45) is 0. The number of carbonyl (C=O) groups is 2. The van der Waals surface area contributed by atoms with E-state index in [2.05, 4.69) is 10.6 Å². The molecule has 0 unspecified atom stereocenters. The number of halogens is 2. The molecule has 0 saturated heterocycles. The van der Waals surface area contributed by atoms with Gasteiger partial charge in [0.1, 0.15) is 5.41 Å². The highest BCUT2D eigenvalue weighted by Gasteiger charge is 2.36. The van der Waals surface area contributed by atoms with Gasteiger partial charge in [0.2, 0.25) is 11.8 Å². The summed E-state index contributed by atoms with van der Waals surface area (Å²) in [5.41, 5.74) is 0.129. The number of hydrogen-bond acceptors (Lipinski definition) is 2. The minimum atomic E-state index is -1.24. The molecule has 0 aliphatic heterocycles. The van der Waals surface area contributed by atoms with Crippen LogP contribution in [-0.2, 0) is 16.1 Å². The number of amides is 2. The van der Waals surface area contributed by atoms with Gasteiger partial charge in [-0.3, -0.25) is 9.59 Å². The van der Waals surface area contributed by atoms with Gasteiger partial charge in [-0.1, -0.05) is 47.5 Å². The van der Waals surface area contributed by atoms with E-state index in [1.807, 2.05) is 12.1 Å². The quantitative estimate of drug-likeness (QED) is 0.778. The molecule has 0 spiro atoms. The second-order valence-corrected chi connectivity index (χ2v) is 6.71. The van der Waals surface area contributed by atoms with Gasteiger partial charge in [-0.2, -0.15) is 0 Å². The second-order valence-electron chi connectivity index (χ2n) is 5.87. The summed E-state index contributed by atoms with van der Waals surface area (Å²) >= 11 is 11.9. The molecule has 0 radical (unpaired) electrons. The van der Waals surface area contributed by atoms with Crippen LogP contribution < -0.4 is 10.6 Å². The maximum absolute atomic E-state index is 12.4. The van der Waals surface area contributed by atoms with Gasteiger partial charge in [-0.25, -0.2) is 0 Å². The van der Waals surface area contributed by atoms with Crippen molar-refractivity contribution in [2.75, 3.05) is 5.32 Å². The Morgan fingerprint density at radius 3 is 2.21 bits per heavy atom. The largest absolute Gasteiger partial charge is 0.351 e. The van der Waals surface area contributed by atoms with Gasteiger partial charge in [0.05, 0.1) is 10.7 Å². The number of anilines is 1. The van der Waals surface area contributed by atoms with Crippen molar-refractivity contribution >= 4 is 40.7 Å². The Morgan fingerprint density at radius 1 is 0.958 bits per heavy atom. The minimum absolute atomic E-state index is 0.318. The highest BCUT2D eigenvalue weighted by atomic mass is 35.5. The summed E-state index contributed by atoms with van der Waals surface area (Å²) in [4.78, 5) is 24.8. The Morgan fingerprint density at radius 2 is 1.58 bits per heavy atom. The van der Waals surface area contributed by atoms with Crippen molar-refractivity contribution in [2.24, 2.45) is 5.41 Å². The molecule has 24 heavy (non-hydrogen) atoms. The van der Waals surface area contributed by atoms with Gasteiger partial charge < -0.3 is 10.6 Å². The molecule has 0 saturated carbocycles. The Balaban J connectivity index is 1.99. The summed E-state index contributed by atoms with van der Waals surface area (Å²) < 4.78 is 0. The van der Waals surface area contributed by atoms with Crippen LogP contribution >= 0.6 is 23.2 Å². The van der Waals surface area contributed by atoms with E-state index in [9.17, 15) is 9.59 Å². The lowest BCUT2D eigenvalue weighted by Gasteiger charge is -2.23. The lowest BCUT2D eigenvalue weighted by atomic mass is 9.90. The Kier molecular flexibility index (Phi) is 5.86. The molecular weight excluding hydrogens is 347 g/mol. The third-order valence-corrected chi connectivity index (χ3v) is 4.21. The van der Waals surface area contributed by atoms with Crippen molar-refractivity contribution in [2.45, 2.75) is 20.4 Å². The summed E-state index contributed by atoms with van der Waals surface area (Å²) in [5.74, 6) is -0.800. The third-order valence-electron chi connectivity index (χ3n) is 3.62. The molecule has 2 aromatic rings. The fraction of sp³-hybridized carbons (Fsp3) is 0.222. The zero-order valence-corrected chi connectivity index (χ0v) is 14.9. The second kappa shape index (κ2) is 7.69. The molecule has 0 heterocycles. The van der Waals surface area contributed by atoms with Crippen molar-refractivity contribution in [1.82, 2.24) is 5.32 Å². The zero-order valence-electron chi connectivity index (χ0n) is 13.4. The first-order valence-corrected chi connectivity index (χ1v) is 8.15. The molecule has 0 aliphatic rings. The molecule has 2 N–H and O–H groups in total. The van der Waals surface area contributed by atoms with E-state index in [4.69, 9.17) is 23.2 Å². The summed E-state index contributed by atoms with van der Waals surface area (Å²) in [6, 6.07) is 14.0. The average Bonchev–Trinajstić information content (AvgIpc) is 2.56. The fourth-order valence-electron chi connectivity index (χ4n) is 1.95. The maximum atomic E-state index is 12.4. The van der Waals surface area contributed by atoms with Crippen LogP contribution in [-0.4, -0.2) is 11.8 Å². The molecule has 0 aliphatic carbocycles. The standard InChI is InChI=1S/C18H18Cl2N2O2/c1-18(2,17(24)22-15-6-4-3-5-14(15)20)16(23)21-11-12-7-9-13(19)10-8-12/h3-10H,11H2,1-2H3,(H,21,23)(H,22,24). The van der Waals surface area contributed by atoms with E-state index >= 15 is 0 Å². The van der Waals surface area contributed by atoms with Crippen LogP contribution in [0.25, 0.3) is 0 Å². The molecule has 6 heteroatoms. The van der Waals surface area contributed by atoms with Crippen LogP contribution in [0.1, 0.15) is 19.4 Å². The molecule has 4 nitrogen and oxygen atoms in total. The van der Waals surface area contributed by atoms with Crippen LogP contribution in [0.3, 0.4) is 0 Å². The minimum Gasteiger partial charge on any atom is -0.351 e. The predicted octanol–water partition coefficient (Wildman–Crippen LogP) is 4.27. The smallest absolute Gasteiger partial charge is 0.239 e. The maximum Gasteiger partial charge on any atom is 0.239 e. The first kappa shape index (κ1) is 18.3. The fourth-order valence-corrected chi connectivity index (χ4v) is 2.26. The summed E-state index contributed by atoms with van der Waals surface area (Å²) in [6.45, 7) is 3.45. The number of para-hydroxylation sites is 1. The third kappa shape index (κ3) is 4.49. The first-order chi connectivity index (χ1) is 11.3. The Labute approximate surface area is 151 Å². The highest BCUT2D eigenvalue weighted by Crippen LogP contribution is 2.24. The molecule has 0 fully saturated rings. The zero-order chi connectivity index (χ0) is 17.7. The lowest BCUT2D eigenvalue weighted by Crippen LogP contribution is -2.44. The van der Waals surface area contributed by atoms with E-state index in [1.54, 1.807) is 50.2 Å². The molecule has 0 atom stereocenters. The number of rotatable bonds is 5.